The zero-order chi connectivity index (χ0) is 17.3. The molecule has 0 bridgehead atoms. The molecule has 24 heavy (non-hydrogen) atoms. The van der Waals surface area contributed by atoms with Gasteiger partial charge in [-0.05, 0) is 18.9 Å². The van der Waals surface area contributed by atoms with Crippen LogP contribution in [0.1, 0.15) is 44.5 Å². The third kappa shape index (κ3) is 3.00. The molecular formula is C14H15N5O4S. The van der Waals surface area contributed by atoms with Crippen molar-refractivity contribution in [2.24, 2.45) is 5.73 Å². The van der Waals surface area contributed by atoms with Crippen molar-refractivity contribution in [1.82, 2.24) is 15.1 Å². The van der Waals surface area contributed by atoms with E-state index in [1.165, 1.54) is 18.3 Å². The quantitative estimate of drug-likeness (QED) is 0.637. The maximum atomic E-state index is 12.6. The number of aromatic amines is 1. The predicted molar refractivity (Wildman–Crippen MR) is 86.0 cm³/mol. The fourth-order valence-electron chi connectivity index (χ4n) is 2.90. The van der Waals surface area contributed by atoms with Gasteiger partial charge in [0, 0.05) is 25.1 Å². The van der Waals surface area contributed by atoms with Gasteiger partial charge in [0.15, 0.2) is 0 Å². The highest BCUT2D eigenvalue weighted by Gasteiger charge is 2.30. The number of nitrogens with zero attached hydrogens (tertiary/aromatic N) is 3. The summed E-state index contributed by atoms with van der Waals surface area (Å²) in [4.78, 5) is 36.2. The van der Waals surface area contributed by atoms with Gasteiger partial charge in [-0.25, -0.2) is 0 Å². The number of carbonyl (C=O) groups is 2. The molecule has 126 valence electrons. The molecule has 0 saturated carbocycles. The standard InChI is InChI=1S/C14H15N5O4S/c15-13(20)9-6-16-17-12(9)8-2-1-5-18(7-8)14(21)10-3-4-11(24-10)19(22)23/h3-4,6,8H,1-2,5,7H2,(H2,15,20)(H,16,17). The molecule has 1 aliphatic rings. The molecular weight excluding hydrogens is 334 g/mol. The van der Waals surface area contributed by atoms with E-state index in [1.807, 2.05) is 0 Å². The van der Waals surface area contributed by atoms with Crippen molar-refractivity contribution in [3.8, 4) is 0 Å². The fraction of sp³-hybridized carbons (Fsp3) is 0.357. The Morgan fingerprint density at radius 2 is 2.25 bits per heavy atom. The first kappa shape index (κ1) is 16.1. The summed E-state index contributed by atoms with van der Waals surface area (Å²) >= 11 is 0.865. The molecule has 0 aromatic carbocycles. The highest BCUT2D eigenvalue weighted by molar-refractivity contribution is 7.17. The Morgan fingerprint density at radius 1 is 1.46 bits per heavy atom. The fourth-order valence-corrected chi connectivity index (χ4v) is 3.69. The van der Waals surface area contributed by atoms with E-state index < -0.39 is 10.8 Å². The van der Waals surface area contributed by atoms with Gasteiger partial charge in [-0.2, -0.15) is 5.10 Å². The Kier molecular flexibility index (Phi) is 4.30. The van der Waals surface area contributed by atoms with Gasteiger partial charge in [0.05, 0.1) is 27.3 Å². The van der Waals surface area contributed by atoms with Crippen molar-refractivity contribution < 1.29 is 14.5 Å². The zero-order valence-corrected chi connectivity index (χ0v) is 13.4. The van der Waals surface area contributed by atoms with Crippen LogP contribution in [0.4, 0.5) is 5.00 Å². The molecule has 1 aliphatic heterocycles. The first-order chi connectivity index (χ1) is 11.5. The number of carbonyl (C=O) groups excluding carboxylic acids is 2. The number of nitrogens with two attached hydrogens (primary N) is 1. The van der Waals surface area contributed by atoms with Gasteiger partial charge >= 0.3 is 5.00 Å². The zero-order valence-electron chi connectivity index (χ0n) is 12.6. The molecule has 0 radical (unpaired) electrons. The minimum atomic E-state index is -0.559. The number of thiophene rings is 1. The molecule has 1 unspecified atom stereocenters. The topological polar surface area (TPSA) is 135 Å². The number of rotatable bonds is 4. The molecule has 2 aromatic rings. The van der Waals surface area contributed by atoms with E-state index in [1.54, 1.807) is 4.90 Å². The molecule has 3 heterocycles. The van der Waals surface area contributed by atoms with Gasteiger partial charge in [-0.3, -0.25) is 24.8 Å². The number of amides is 2. The van der Waals surface area contributed by atoms with Crippen molar-refractivity contribution in [1.29, 1.82) is 0 Å². The highest BCUT2D eigenvalue weighted by atomic mass is 32.1. The van der Waals surface area contributed by atoms with Crippen molar-refractivity contribution in [2.45, 2.75) is 18.8 Å². The molecule has 3 N–H and O–H groups in total. The molecule has 0 spiro atoms. The number of nitrogens with one attached hydrogen (secondary N) is 1. The van der Waals surface area contributed by atoms with Crippen LogP contribution in [0.25, 0.3) is 0 Å². The summed E-state index contributed by atoms with van der Waals surface area (Å²) in [7, 11) is 0. The summed E-state index contributed by atoms with van der Waals surface area (Å²) in [5, 5.41) is 17.4. The Balaban J connectivity index is 1.77. The summed E-state index contributed by atoms with van der Waals surface area (Å²) in [6.45, 7) is 0.980. The van der Waals surface area contributed by atoms with E-state index >= 15 is 0 Å². The van der Waals surface area contributed by atoms with Crippen LogP contribution in [0.5, 0.6) is 0 Å². The van der Waals surface area contributed by atoms with Crippen LogP contribution in [-0.4, -0.2) is 44.9 Å². The molecule has 3 rings (SSSR count). The lowest BCUT2D eigenvalue weighted by Crippen LogP contribution is -2.39. The number of hydrogen-bond donors (Lipinski definition) is 2. The van der Waals surface area contributed by atoms with Gasteiger partial charge in [-0.15, -0.1) is 0 Å². The predicted octanol–water partition coefficient (Wildman–Crippen LogP) is 1.50. The lowest BCUT2D eigenvalue weighted by atomic mass is 9.92. The Morgan fingerprint density at radius 3 is 2.92 bits per heavy atom. The number of H-pyrrole nitrogens is 1. The Hall–Kier alpha value is -2.75. The van der Waals surface area contributed by atoms with E-state index in [9.17, 15) is 19.7 Å². The van der Waals surface area contributed by atoms with Crippen molar-refractivity contribution in [3.63, 3.8) is 0 Å². The summed E-state index contributed by atoms with van der Waals surface area (Å²) in [6.07, 6.45) is 2.96. The van der Waals surface area contributed by atoms with E-state index in [-0.39, 0.29) is 16.8 Å². The maximum absolute atomic E-state index is 12.6. The smallest absolute Gasteiger partial charge is 0.324 e. The summed E-state index contributed by atoms with van der Waals surface area (Å²) in [5.41, 5.74) is 6.31. The van der Waals surface area contributed by atoms with Crippen molar-refractivity contribution in [3.05, 3.63) is 44.6 Å². The molecule has 1 atom stereocenters. The number of likely N-dealkylation sites (tertiary alicyclic amines) is 1. The normalized spacial score (nSPS) is 17.7. The van der Waals surface area contributed by atoms with Gasteiger partial charge < -0.3 is 10.6 Å². The Labute approximate surface area is 140 Å². The van der Waals surface area contributed by atoms with Gasteiger partial charge in [0.1, 0.15) is 0 Å². The number of aromatic nitrogens is 2. The second-order valence-corrected chi connectivity index (χ2v) is 6.61. The number of nitro groups is 1. The SMILES string of the molecule is NC(=O)c1cn[nH]c1C1CCCN(C(=O)c2ccc([N+](=O)[O-])s2)C1. The van der Waals surface area contributed by atoms with Crippen LogP contribution in [-0.2, 0) is 0 Å². The molecule has 2 aromatic heterocycles. The average Bonchev–Trinajstić information content (AvgIpc) is 3.23. The average molecular weight is 349 g/mol. The van der Waals surface area contributed by atoms with Crippen LogP contribution in [0.15, 0.2) is 18.3 Å². The summed E-state index contributed by atoms with van der Waals surface area (Å²) in [5.74, 6) is -0.864. The van der Waals surface area contributed by atoms with E-state index in [0.29, 0.717) is 29.2 Å². The minimum Gasteiger partial charge on any atom is -0.365 e. The lowest BCUT2D eigenvalue weighted by Gasteiger charge is -2.32. The molecule has 1 fully saturated rings. The molecule has 0 aliphatic carbocycles. The van der Waals surface area contributed by atoms with Crippen molar-refractivity contribution >= 4 is 28.2 Å². The molecule has 1 saturated heterocycles. The van der Waals surface area contributed by atoms with Gasteiger partial charge in [0.25, 0.3) is 11.8 Å². The third-order valence-electron chi connectivity index (χ3n) is 4.03. The molecule has 2 amide bonds. The van der Waals surface area contributed by atoms with Crippen LogP contribution in [0.3, 0.4) is 0 Å². The molecule has 9 nitrogen and oxygen atoms in total. The number of primary amides is 1. The third-order valence-corrected chi connectivity index (χ3v) is 5.06. The van der Waals surface area contributed by atoms with Crippen LogP contribution >= 0.6 is 11.3 Å². The van der Waals surface area contributed by atoms with Gasteiger partial charge in [0.2, 0.25) is 0 Å². The first-order valence-corrected chi connectivity index (χ1v) is 8.15. The van der Waals surface area contributed by atoms with Gasteiger partial charge in [-0.1, -0.05) is 11.3 Å². The van der Waals surface area contributed by atoms with Crippen molar-refractivity contribution in [2.75, 3.05) is 13.1 Å². The Bertz CT molecular complexity index is 799. The maximum Gasteiger partial charge on any atom is 0.324 e. The number of hydrogen-bond acceptors (Lipinski definition) is 6. The van der Waals surface area contributed by atoms with Crippen LogP contribution in [0, 0.1) is 10.1 Å². The second-order valence-electron chi connectivity index (χ2n) is 5.55. The largest absolute Gasteiger partial charge is 0.365 e. The molecule has 10 heteroatoms. The van der Waals surface area contributed by atoms with Crippen LogP contribution in [0.2, 0.25) is 0 Å². The first-order valence-electron chi connectivity index (χ1n) is 7.34. The minimum absolute atomic E-state index is 0.0588. The highest BCUT2D eigenvalue weighted by Crippen LogP contribution is 2.30. The van der Waals surface area contributed by atoms with Crippen LogP contribution < -0.4 is 5.73 Å². The van der Waals surface area contributed by atoms with E-state index in [0.717, 1.165) is 24.2 Å². The second kappa shape index (κ2) is 6.40. The summed E-state index contributed by atoms with van der Waals surface area (Å²) < 4.78 is 0. The number of piperidine rings is 1. The monoisotopic (exact) mass is 349 g/mol. The van der Waals surface area contributed by atoms with E-state index in [2.05, 4.69) is 10.2 Å². The summed E-state index contributed by atoms with van der Waals surface area (Å²) in [6, 6.07) is 2.80. The van der Waals surface area contributed by atoms with E-state index in [4.69, 9.17) is 5.73 Å². The lowest BCUT2D eigenvalue weighted by molar-refractivity contribution is -0.380.